The van der Waals surface area contributed by atoms with Crippen LogP contribution >= 0.6 is 12.2 Å². The fourth-order valence-electron chi connectivity index (χ4n) is 1.50. The van der Waals surface area contributed by atoms with E-state index in [-0.39, 0.29) is 10.7 Å². The van der Waals surface area contributed by atoms with Crippen molar-refractivity contribution in [1.82, 2.24) is 10.4 Å². The highest BCUT2D eigenvalue weighted by Gasteiger charge is 2.03. The zero-order valence-corrected chi connectivity index (χ0v) is 11.7. The molecule has 0 radical (unpaired) electrons. The van der Waals surface area contributed by atoms with Crippen molar-refractivity contribution in [3.05, 3.63) is 59.9 Å². The fraction of sp³-hybridized carbons (Fsp3) is 0. The molecule has 0 atom stereocenters. The highest BCUT2D eigenvalue weighted by molar-refractivity contribution is 7.80. The summed E-state index contributed by atoms with van der Waals surface area (Å²) in [7, 11) is 0. The number of nitrogens with one attached hydrogen (secondary N) is 2. The van der Waals surface area contributed by atoms with Crippen LogP contribution in [0.25, 0.3) is 0 Å². The van der Waals surface area contributed by atoms with Crippen molar-refractivity contribution in [2.45, 2.75) is 0 Å². The first kappa shape index (κ1) is 14.6. The average molecular weight is 300 g/mol. The van der Waals surface area contributed by atoms with E-state index in [9.17, 15) is 4.79 Å². The van der Waals surface area contributed by atoms with Crippen LogP contribution in [0.4, 0.5) is 5.69 Å². The summed E-state index contributed by atoms with van der Waals surface area (Å²) in [6.45, 7) is 0. The van der Waals surface area contributed by atoms with Crippen LogP contribution in [0.3, 0.4) is 0 Å². The molecule has 7 heteroatoms. The highest BCUT2D eigenvalue weighted by atomic mass is 32.1. The number of aromatic nitrogens is 1. The molecule has 2 rings (SSSR count). The molecule has 6 nitrogen and oxygen atoms in total. The number of thiocarbonyl (C=S) groups is 1. The lowest BCUT2D eigenvalue weighted by atomic mass is 10.2. The van der Waals surface area contributed by atoms with Crippen LogP contribution in [0.5, 0.6) is 0 Å². The number of carbonyl (C=O) groups is 1. The zero-order valence-electron chi connectivity index (χ0n) is 10.9. The summed E-state index contributed by atoms with van der Waals surface area (Å²) in [5.74, 6) is -0.995. The topological polar surface area (TPSA) is 86.6 Å². The molecule has 0 aliphatic heterocycles. The SMILES string of the molecule is O=C(O)c1cccc(NC(=S)N/N=C\c2ccccn2)c1. The van der Waals surface area contributed by atoms with Crippen LogP contribution in [0, 0.1) is 0 Å². The van der Waals surface area contributed by atoms with E-state index in [2.05, 4.69) is 20.8 Å². The molecule has 3 N–H and O–H groups in total. The second-order valence-corrected chi connectivity index (χ2v) is 4.37. The van der Waals surface area contributed by atoms with Gasteiger partial charge in [0.15, 0.2) is 5.11 Å². The third kappa shape index (κ3) is 4.66. The summed E-state index contributed by atoms with van der Waals surface area (Å²) in [5.41, 5.74) is 4.08. The van der Waals surface area contributed by atoms with Crippen LogP contribution in [0.2, 0.25) is 0 Å². The van der Waals surface area contributed by atoms with Gasteiger partial charge in [-0.15, -0.1) is 0 Å². The molecule has 1 heterocycles. The minimum Gasteiger partial charge on any atom is -0.478 e. The second-order valence-electron chi connectivity index (χ2n) is 3.96. The highest BCUT2D eigenvalue weighted by Crippen LogP contribution is 2.10. The maximum atomic E-state index is 10.9. The van der Waals surface area contributed by atoms with Gasteiger partial charge in [0.2, 0.25) is 0 Å². The first-order valence-corrected chi connectivity index (χ1v) is 6.40. The van der Waals surface area contributed by atoms with Crippen molar-refractivity contribution in [2.24, 2.45) is 5.10 Å². The summed E-state index contributed by atoms with van der Waals surface area (Å²) in [5, 5.41) is 15.9. The van der Waals surface area contributed by atoms with Crippen LogP contribution in [0.15, 0.2) is 53.8 Å². The normalized spacial score (nSPS) is 10.3. The van der Waals surface area contributed by atoms with Gasteiger partial charge in [-0.3, -0.25) is 10.4 Å². The third-order valence-electron chi connectivity index (χ3n) is 2.42. The number of hydrogen-bond donors (Lipinski definition) is 3. The number of aromatic carboxylic acids is 1. The molecule has 0 bridgehead atoms. The van der Waals surface area contributed by atoms with Crippen LogP contribution in [0.1, 0.15) is 16.1 Å². The number of carboxylic acid groups (broad SMARTS) is 1. The summed E-state index contributed by atoms with van der Waals surface area (Å²) in [4.78, 5) is 14.9. The van der Waals surface area contributed by atoms with E-state index in [1.165, 1.54) is 18.3 Å². The Hall–Kier alpha value is -2.80. The molecule has 0 unspecified atom stereocenters. The number of benzene rings is 1. The molecule has 0 fully saturated rings. The Morgan fingerprint density at radius 1 is 1.29 bits per heavy atom. The molecule has 0 saturated heterocycles. The van der Waals surface area contributed by atoms with Gasteiger partial charge in [0.1, 0.15) is 0 Å². The van der Waals surface area contributed by atoms with Crippen molar-refractivity contribution < 1.29 is 9.90 Å². The van der Waals surface area contributed by atoms with Gasteiger partial charge in [-0.2, -0.15) is 5.10 Å². The lowest BCUT2D eigenvalue weighted by molar-refractivity contribution is 0.0697. The number of nitrogens with zero attached hydrogens (tertiary/aromatic N) is 2. The van der Waals surface area contributed by atoms with E-state index in [4.69, 9.17) is 17.3 Å². The fourth-order valence-corrected chi connectivity index (χ4v) is 1.67. The number of hydrazone groups is 1. The lowest BCUT2D eigenvalue weighted by Gasteiger charge is -2.07. The molecule has 0 aliphatic rings. The van der Waals surface area contributed by atoms with Gasteiger partial charge in [-0.1, -0.05) is 12.1 Å². The van der Waals surface area contributed by atoms with Crippen molar-refractivity contribution in [1.29, 1.82) is 0 Å². The van der Waals surface area contributed by atoms with Gasteiger partial charge in [0, 0.05) is 11.9 Å². The number of pyridine rings is 1. The molecule has 0 amide bonds. The minimum absolute atomic E-state index is 0.180. The van der Waals surface area contributed by atoms with E-state index in [1.54, 1.807) is 24.4 Å². The van der Waals surface area contributed by atoms with E-state index < -0.39 is 5.97 Å². The molecule has 1 aromatic heterocycles. The van der Waals surface area contributed by atoms with Crippen molar-refractivity contribution in [3.63, 3.8) is 0 Å². The van der Waals surface area contributed by atoms with Crippen molar-refractivity contribution in [2.75, 3.05) is 5.32 Å². The molecule has 0 saturated carbocycles. The van der Waals surface area contributed by atoms with Gasteiger partial charge in [0.25, 0.3) is 0 Å². The average Bonchev–Trinajstić information content (AvgIpc) is 2.48. The molecule has 0 spiro atoms. The number of carboxylic acids is 1. The number of anilines is 1. The lowest BCUT2D eigenvalue weighted by Crippen LogP contribution is -2.24. The molecule has 2 aromatic rings. The maximum absolute atomic E-state index is 10.9. The largest absolute Gasteiger partial charge is 0.478 e. The first-order valence-electron chi connectivity index (χ1n) is 5.99. The molecular formula is C14H12N4O2S. The third-order valence-corrected chi connectivity index (χ3v) is 2.61. The number of rotatable bonds is 4. The van der Waals surface area contributed by atoms with E-state index in [0.717, 1.165) is 0 Å². The predicted molar refractivity (Wildman–Crippen MR) is 84.6 cm³/mol. The smallest absolute Gasteiger partial charge is 0.335 e. The minimum atomic E-state index is -0.995. The van der Waals surface area contributed by atoms with Crippen LogP contribution in [-0.2, 0) is 0 Å². The summed E-state index contributed by atoms with van der Waals surface area (Å²) in [6, 6.07) is 11.8. The first-order chi connectivity index (χ1) is 10.1. The van der Waals surface area contributed by atoms with Crippen molar-refractivity contribution in [3.8, 4) is 0 Å². The molecule has 21 heavy (non-hydrogen) atoms. The summed E-state index contributed by atoms with van der Waals surface area (Å²) in [6.07, 6.45) is 3.19. The summed E-state index contributed by atoms with van der Waals surface area (Å²) < 4.78 is 0. The molecule has 1 aromatic carbocycles. The quantitative estimate of drug-likeness (QED) is 0.455. The molecule has 106 valence electrons. The number of hydrogen-bond acceptors (Lipinski definition) is 4. The Bertz CT molecular complexity index is 674. The molecular weight excluding hydrogens is 288 g/mol. The predicted octanol–water partition coefficient (Wildman–Crippen LogP) is 2.10. The Kier molecular flexibility index (Phi) is 4.94. The van der Waals surface area contributed by atoms with Crippen LogP contribution in [-0.4, -0.2) is 27.4 Å². The standard InChI is InChI=1S/C14H12N4O2S/c19-13(20)10-4-3-6-11(8-10)17-14(21)18-16-9-12-5-1-2-7-15-12/h1-9H,(H,19,20)(H2,17,18,21)/b16-9-. The Labute approximate surface area is 126 Å². The van der Waals surface area contributed by atoms with Gasteiger partial charge in [-0.25, -0.2) is 4.79 Å². The van der Waals surface area contributed by atoms with E-state index in [0.29, 0.717) is 11.4 Å². The zero-order chi connectivity index (χ0) is 15.1. The van der Waals surface area contributed by atoms with Gasteiger partial charge < -0.3 is 10.4 Å². The monoisotopic (exact) mass is 300 g/mol. The summed E-state index contributed by atoms with van der Waals surface area (Å²) >= 11 is 5.06. The van der Waals surface area contributed by atoms with Crippen molar-refractivity contribution >= 4 is 35.2 Å². The maximum Gasteiger partial charge on any atom is 0.335 e. The van der Waals surface area contributed by atoms with Gasteiger partial charge in [-0.05, 0) is 42.5 Å². The van der Waals surface area contributed by atoms with Gasteiger partial charge >= 0.3 is 5.97 Å². The molecule has 0 aliphatic carbocycles. The van der Waals surface area contributed by atoms with Crippen LogP contribution < -0.4 is 10.7 Å². The second kappa shape index (κ2) is 7.11. The Morgan fingerprint density at radius 3 is 2.86 bits per heavy atom. The Balaban J connectivity index is 1.91. The van der Waals surface area contributed by atoms with E-state index >= 15 is 0 Å². The Morgan fingerprint density at radius 2 is 2.14 bits per heavy atom. The van der Waals surface area contributed by atoms with Gasteiger partial charge in [0.05, 0.1) is 17.5 Å². The van der Waals surface area contributed by atoms with E-state index in [1.807, 2.05) is 12.1 Å².